The van der Waals surface area contributed by atoms with Gasteiger partial charge in [0.2, 0.25) is 5.91 Å². The third-order valence-electron chi connectivity index (χ3n) is 2.83. The third kappa shape index (κ3) is 1.50. The number of hydrogen-bond acceptors (Lipinski definition) is 1. The fourth-order valence-electron chi connectivity index (χ4n) is 1.98. The quantitative estimate of drug-likeness (QED) is 0.545. The van der Waals surface area contributed by atoms with Crippen molar-refractivity contribution in [2.45, 2.75) is 19.9 Å². The molecule has 3 heteroatoms. The van der Waals surface area contributed by atoms with Crippen LogP contribution in [0.5, 0.6) is 0 Å². The maximum absolute atomic E-state index is 11.2. The van der Waals surface area contributed by atoms with E-state index in [1.807, 2.05) is 11.0 Å². The minimum atomic E-state index is 0.169. The second kappa shape index (κ2) is 3.40. The Morgan fingerprint density at radius 1 is 1.57 bits per heavy atom. The van der Waals surface area contributed by atoms with Crippen molar-refractivity contribution in [2.75, 3.05) is 6.54 Å². The van der Waals surface area contributed by atoms with Crippen molar-refractivity contribution in [3.8, 4) is 0 Å². The zero-order valence-corrected chi connectivity index (χ0v) is 8.66. The van der Waals surface area contributed by atoms with Gasteiger partial charge in [-0.3, -0.25) is 4.79 Å². The van der Waals surface area contributed by atoms with Gasteiger partial charge in [-0.25, -0.2) is 4.57 Å². The van der Waals surface area contributed by atoms with E-state index in [0.29, 0.717) is 0 Å². The Bertz CT molecular complexity index is 374. The normalized spacial score (nSPS) is 15.1. The average Bonchev–Trinajstić information content (AvgIpc) is 2.17. The standard InChI is InChI=1S/C11H15N2O/c1-9(14)13-7-5-11-10(8-13)4-3-6-12(11)2/h3-4,6H,5,7-8H2,1-2H3/q+1. The Kier molecular flexibility index (Phi) is 2.23. The van der Waals surface area contributed by atoms with Crippen LogP contribution in [0.25, 0.3) is 0 Å². The molecule has 1 aromatic rings. The molecule has 0 N–H and O–H groups in total. The molecular weight excluding hydrogens is 176 g/mol. The van der Waals surface area contributed by atoms with Gasteiger partial charge in [-0.1, -0.05) is 0 Å². The molecule has 2 rings (SSSR count). The summed E-state index contributed by atoms with van der Waals surface area (Å²) in [5.74, 6) is 0.169. The van der Waals surface area contributed by atoms with Gasteiger partial charge < -0.3 is 4.90 Å². The lowest BCUT2D eigenvalue weighted by molar-refractivity contribution is -0.680. The second-order valence-corrected chi connectivity index (χ2v) is 3.78. The smallest absolute Gasteiger partial charge is 0.219 e. The van der Waals surface area contributed by atoms with Crippen LogP contribution in [0.2, 0.25) is 0 Å². The van der Waals surface area contributed by atoms with Crippen LogP contribution in [0, 0.1) is 0 Å². The minimum Gasteiger partial charge on any atom is -0.338 e. The molecule has 0 radical (unpaired) electrons. The number of aromatic nitrogens is 1. The zero-order chi connectivity index (χ0) is 10.1. The molecule has 0 atom stereocenters. The second-order valence-electron chi connectivity index (χ2n) is 3.78. The van der Waals surface area contributed by atoms with Gasteiger partial charge in [0.05, 0.1) is 13.0 Å². The predicted octanol–water partition coefficient (Wildman–Crippen LogP) is 0.416. The molecule has 0 spiro atoms. The highest BCUT2D eigenvalue weighted by Crippen LogP contribution is 2.14. The number of fused-ring (bicyclic) bond motifs is 1. The topological polar surface area (TPSA) is 24.2 Å². The van der Waals surface area contributed by atoms with Crippen LogP contribution in [0.4, 0.5) is 0 Å². The van der Waals surface area contributed by atoms with E-state index >= 15 is 0 Å². The minimum absolute atomic E-state index is 0.169. The first kappa shape index (κ1) is 9.19. The number of pyridine rings is 1. The number of hydrogen-bond donors (Lipinski definition) is 0. The van der Waals surface area contributed by atoms with Crippen molar-refractivity contribution in [1.82, 2.24) is 4.90 Å². The van der Waals surface area contributed by atoms with Crippen molar-refractivity contribution in [2.24, 2.45) is 7.05 Å². The molecule has 2 heterocycles. The molecule has 0 saturated heterocycles. The number of rotatable bonds is 0. The lowest BCUT2D eigenvalue weighted by Gasteiger charge is -2.25. The number of carbonyl (C=O) groups excluding carboxylic acids is 1. The molecule has 0 unspecified atom stereocenters. The van der Waals surface area contributed by atoms with E-state index in [4.69, 9.17) is 0 Å². The zero-order valence-electron chi connectivity index (χ0n) is 8.66. The van der Waals surface area contributed by atoms with Crippen LogP contribution in [-0.2, 0) is 24.8 Å². The molecule has 0 bridgehead atoms. The molecule has 0 saturated carbocycles. The van der Waals surface area contributed by atoms with Crippen LogP contribution in [0.15, 0.2) is 18.3 Å². The molecule has 0 aromatic carbocycles. The summed E-state index contributed by atoms with van der Waals surface area (Å²) >= 11 is 0. The van der Waals surface area contributed by atoms with Crippen molar-refractivity contribution >= 4 is 5.91 Å². The molecule has 74 valence electrons. The number of carbonyl (C=O) groups is 1. The van der Waals surface area contributed by atoms with Gasteiger partial charge in [0.15, 0.2) is 11.9 Å². The summed E-state index contributed by atoms with van der Waals surface area (Å²) in [6.45, 7) is 3.24. The van der Waals surface area contributed by atoms with E-state index < -0.39 is 0 Å². The van der Waals surface area contributed by atoms with Crippen LogP contribution in [-0.4, -0.2) is 17.4 Å². The third-order valence-corrected chi connectivity index (χ3v) is 2.83. The molecular formula is C11H15N2O+. The Morgan fingerprint density at radius 2 is 2.36 bits per heavy atom. The summed E-state index contributed by atoms with van der Waals surface area (Å²) in [5.41, 5.74) is 2.63. The summed E-state index contributed by atoms with van der Waals surface area (Å²) in [7, 11) is 2.06. The van der Waals surface area contributed by atoms with Crippen LogP contribution in [0.3, 0.4) is 0 Å². The van der Waals surface area contributed by atoms with Gasteiger partial charge in [-0.2, -0.15) is 0 Å². The fraction of sp³-hybridized carbons (Fsp3) is 0.455. The van der Waals surface area contributed by atoms with Gasteiger partial charge in [-0.05, 0) is 6.07 Å². The SMILES string of the molecule is CC(=O)N1CCc2c(ccc[n+]2C)C1. The van der Waals surface area contributed by atoms with Gasteiger partial charge in [0.25, 0.3) is 0 Å². The van der Waals surface area contributed by atoms with E-state index in [1.165, 1.54) is 11.3 Å². The summed E-state index contributed by atoms with van der Waals surface area (Å²) in [5, 5.41) is 0. The van der Waals surface area contributed by atoms with E-state index in [2.05, 4.69) is 23.9 Å². The highest BCUT2D eigenvalue weighted by atomic mass is 16.2. The summed E-state index contributed by atoms with van der Waals surface area (Å²) in [6, 6.07) is 4.13. The highest BCUT2D eigenvalue weighted by molar-refractivity contribution is 5.73. The molecule has 1 aromatic heterocycles. The van der Waals surface area contributed by atoms with E-state index in [0.717, 1.165) is 19.5 Å². The predicted molar refractivity (Wildman–Crippen MR) is 52.4 cm³/mol. The van der Waals surface area contributed by atoms with Gasteiger partial charge in [0, 0.05) is 25.1 Å². The first-order valence-corrected chi connectivity index (χ1v) is 4.90. The fourth-order valence-corrected chi connectivity index (χ4v) is 1.98. The van der Waals surface area contributed by atoms with Crippen molar-refractivity contribution in [1.29, 1.82) is 0 Å². The maximum Gasteiger partial charge on any atom is 0.219 e. The lowest BCUT2D eigenvalue weighted by Crippen LogP contribution is -2.42. The van der Waals surface area contributed by atoms with Crippen molar-refractivity contribution in [3.05, 3.63) is 29.6 Å². The lowest BCUT2D eigenvalue weighted by atomic mass is 10.1. The van der Waals surface area contributed by atoms with Crippen LogP contribution in [0.1, 0.15) is 18.2 Å². The maximum atomic E-state index is 11.2. The van der Waals surface area contributed by atoms with Crippen LogP contribution < -0.4 is 4.57 Å². The van der Waals surface area contributed by atoms with E-state index in [9.17, 15) is 4.79 Å². The van der Waals surface area contributed by atoms with E-state index in [1.54, 1.807) is 6.92 Å². The highest BCUT2D eigenvalue weighted by Gasteiger charge is 2.23. The summed E-state index contributed by atoms with van der Waals surface area (Å²) < 4.78 is 2.15. The number of amides is 1. The average molecular weight is 191 g/mol. The Labute approximate surface area is 84.0 Å². The number of aryl methyl sites for hydroxylation is 1. The Balaban J connectivity index is 2.31. The molecule has 0 fully saturated rings. The molecule has 1 aliphatic rings. The van der Waals surface area contributed by atoms with E-state index in [-0.39, 0.29) is 5.91 Å². The Hall–Kier alpha value is -1.38. The van der Waals surface area contributed by atoms with Crippen LogP contribution >= 0.6 is 0 Å². The molecule has 1 aliphatic heterocycles. The monoisotopic (exact) mass is 191 g/mol. The van der Waals surface area contributed by atoms with Gasteiger partial charge in [-0.15, -0.1) is 0 Å². The molecule has 1 amide bonds. The van der Waals surface area contributed by atoms with Gasteiger partial charge in [0.1, 0.15) is 7.05 Å². The van der Waals surface area contributed by atoms with Gasteiger partial charge >= 0.3 is 0 Å². The molecule has 3 nitrogen and oxygen atoms in total. The summed E-state index contributed by atoms with van der Waals surface area (Å²) in [6.07, 6.45) is 3.02. The largest absolute Gasteiger partial charge is 0.338 e. The molecule has 14 heavy (non-hydrogen) atoms. The van der Waals surface area contributed by atoms with Crippen molar-refractivity contribution in [3.63, 3.8) is 0 Å². The first-order chi connectivity index (χ1) is 6.68. The molecule has 0 aliphatic carbocycles. The first-order valence-electron chi connectivity index (χ1n) is 4.90. The Morgan fingerprint density at radius 3 is 3.07 bits per heavy atom. The number of nitrogens with zero attached hydrogens (tertiary/aromatic N) is 2. The van der Waals surface area contributed by atoms with Crippen molar-refractivity contribution < 1.29 is 9.36 Å². The summed E-state index contributed by atoms with van der Waals surface area (Å²) in [4.78, 5) is 13.1.